The highest BCUT2D eigenvalue weighted by Crippen LogP contribution is 2.37. The molecule has 1 unspecified atom stereocenters. The molecule has 3 nitrogen and oxygen atoms in total. The Morgan fingerprint density at radius 3 is 2.10 bits per heavy atom. The van der Waals surface area contributed by atoms with Crippen molar-refractivity contribution in [3.8, 4) is 0 Å². The van der Waals surface area contributed by atoms with Gasteiger partial charge in [-0.2, -0.15) is 26.3 Å². The normalized spacial score (nSPS) is 13.9. The summed E-state index contributed by atoms with van der Waals surface area (Å²) in [6.07, 6.45) is -8.20. The molecule has 0 amide bonds. The first-order valence-electron chi connectivity index (χ1n) is 9.00. The van der Waals surface area contributed by atoms with Crippen LogP contribution in [0.2, 0.25) is 0 Å². The molecule has 0 spiro atoms. The molecule has 0 saturated carbocycles. The van der Waals surface area contributed by atoms with Crippen LogP contribution in [-0.2, 0) is 12.4 Å². The monoisotopic (exact) mass is 432 g/mol. The number of likely N-dealkylation sites (N-methyl/N-ethyl adjacent to an activating group) is 1. The zero-order valence-corrected chi connectivity index (χ0v) is 16.3. The minimum Gasteiger partial charge on any atom is -0.374 e. The largest absolute Gasteiger partial charge is 0.417 e. The van der Waals surface area contributed by atoms with Crippen LogP contribution < -0.4 is 5.32 Å². The molecular weight excluding hydrogens is 410 g/mol. The van der Waals surface area contributed by atoms with E-state index in [4.69, 9.17) is 0 Å². The summed E-state index contributed by atoms with van der Waals surface area (Å²) in [6.45, 7) is 1.29. The molecule has 0 aliphatic rings. The lowest BCUT2D eigenvalue weighted by Crippen LogP contribution is -2.29. The van der Waals surface area contributed by atoms with Gasteiger partial charge < -0.3 is 10.0 Å². The number of hydrogen-bond donors (Lipinski definition) is 2. The van der Waals surface area contributed by atoms with Gasteiger partial charge in [0.1, 0.15) is 6.23 Å². The molecule has 30 heavy (non-hydrogen) atoms. The van der Waals surface area contributed by atoms with Gasteiger partial charge in [-0.25, -0.2) is 0 Å². The lowest BCUT2D eigenvalue weighted by molar-refractivity contribution is -0.143. The molecule has 2 aromatic carbocycles. The molecule has 0 heterocycles. The molecule has 0 aromatic heterocycles. The lowest BCUT2D eigenvalue weighted by Gasteiger charge is -2.15. The number of nitrogens with zero attached hydrogens (tertiary/aromatic N) is 1. The van der Waals surface area contributed by atoms with Crippen LogP contribution in [0.15, 0.2) is 42.5 Å². The van der Waals surface area contributed by atoms with Gasteiger partial charge in [-0.05, 0) is 42.9 Å². The molecule has 2 rings (SSSR count). The van der Waals surface area contributed by atoms with Crippen molar-refractivity contribution in [3.05, 3.63) is 70.3 Å². The summed E-state index contributed by atoms with van der Waals surface area (Å²) >= 11 is 0. The van der Waals surface area contributed by atoms with Crippen molar-refractivity contribution in [1.29, 1.82) is 0 Å². The molecule has 0 fully saturated rings. The highest BCUT2D eigenvalue weighted by atomic mass is 19.4. The topological polar surface area (TPSA) is 35.5 Å². The number of rotatable bonds is 7. The third-order valence-corrected chi connectivity index (χ3v) is 4.29. The van der Waals surface area contributed by atoms with Gasteiger partial charge in [0.05, 0.1) is 11.1 Å². The number of aliphatic hydroxyl groups is 1. The average Bonchev–Trinajstić information content (AvgIpc) is 2.64. The second kappa shape index (κ2) is 9.63. The van der Waals surface area contributed by atoms with E-state index in [1.807, 2.05) is 19.0 Å². The highest BCUT2D eigenvalue weighted by Gasteiger charge is 2.37. The van der Waals surface area contributed by atoms with Gasteiger partial charge in [0.25, 0.3) is 0 Å². The molecule has 0 aliphatic heterocycles. The Labute approximate surface area is 170 Å². The van der Waals surface area contributed by atoms with Gasteiger partial charge in [-0.3, -0.25) is 5.32 Å². The van der Waals surface area contributed by atoms with Gasteiger partial charge in [-0.15, -0.1) is 0 Å². The molecule has 2 aromatic rings. The van der Waals surface area contributed by atoms with Gasteiger partial charge in [0.15, 0.2) is 0 Å². The predicted molar refractivity (Wildman–Crippen MR) is 103 cm³/mol. The third kappa shape index (κ3) is 6.86. The fourth-order valence-corrected chi connectivity index (χ4v) is 2.64. The van der Waals surface area contributed by atoms with Crippen LogP contribution in [-0.4, -0.2) is 37.2 Å². The number of alkyl halides is 6. The smallest absolute Gasteiger partial charge is 0.374 e. The molecule has 164 valence electrons. The van der Waals surface area contributed by atoms with Crippen molar-refractivity contribution >= 4 is 12.2 Å². The molecule has 9 heteroatoms. The quantitative estimate of drug-likeness (QED) is 0.366. The number of aliphatic hydroxyl groups excluding tert-OH is 1. The number of hydrogen-bond acceptors (Lipinski definition) is 3. The van der Waals surface area contributed by atoms with Crippen molar-refractivity contribution in [2.24, 2.45) is 0 Å². The zero-order chi connectivity index (χ0) is 22.5. The van der Waals surface area contributed by atoms with Gasteiger partial charge in [0.2, 0.25) is 0 Å². The maximum Gasteiger partial charge on any atom is 0.417 e. The number of nitrogens with one attached hydrogen (secondary N) is 1. The van der Waals surface area contributed by atoms with Gasteiger partial charge in [0, 0.05) is 13.1 Å². The zero-order valence-electron chi connectivity index (χ0n) is 16.3. The minimum absolute atomic E-state index is 0.110. The first-order chi connectivity index (χ1) is 13.9. The van der Waals surface area contributed by atoms with Crippen LogP contribution in [0.3, 0.4) is 0 Å². The first kappa shape index (κ1) is 23.9. The van der Waals surface area contributed by atoms with Crippen molar-refractivity contribution in [3.63, 3.8) is 0 Å². The highest BCUT2D eigenvalue weighted by molar-refractivity contribution is 5.71. The molecule has 0 bridgehead atoms. The van der Waals surface area contributed by atoms with Crippen molar-refractivity contribution < 1.29 is 31.4 Å². The van der Waals surface area contributed by atoms with Crippen LogP contribution in [0.1, 0.15) is 34.0 Å². The van der Waals surface area contributed by atoms with Crippen molar-refractivity contribution in [1.82, 2.24) is 10.2 Å². The van der Waals surface area contributed by atoms with Gasteiger partial charge in [-0.1, -0.05) is 42.5 Å². The summed E-state index contributed by atoms with van der Waals surface area (Å²) in [4.78, 5) is 1.95. The van der Waals surface area contributed by atoms with E-state index in [0.29, 0.717) is 23.7 Å². The molecule has 1 atom stereocenters. The maximum absolute atomic E-state index is 13.2. The molecule has 2 N–H and O–H groups in total. The summed E-state index contributed by atoms with van der Waals surface area (Å²) in [6, 6.07) is 7.95. The number of benzene rings is 2. The van der Waals surface area contributed by atoms with E-state index in [0.717, 1.165) is 18.7 Å². The first-order valence-corrected chi connectivity index (χ1v) is 9.00. The standard InChI is InChI=1S/C21H22F6N2O/c1-29(2)12-11-28-19(30)16-7-4-14(5-8-16)3-6-15-9-10-17(20(22,23)24)13-18(15)21(25,26)27/h3-10,13,19,28,30H,11-12H2,1-2H3/b6-3+. The van der Waals surface area contributed by atoms with Crippen molar-refractivity contribution in [2.75, 3.05) is 27.2 Å². The minimum atomic E-state index is -4.92. The Balaban J connectivity index is 2.17. The Hall–Kier alpha value is -2.36. The van der Waals surface area contributed by atoms with Crippen LogP contribution in [0.25, 0.3) is 12.2 Å². The SMILES string of the molecule is CN(C)CCNC(O)c1ccc(/C=C/c2ccc(C(F)(F)F)cc2C(F)(F)F)cc1. The number of halogens is 6. The van der Waals surface area contributed by atoms with Crippen LogP contribution in [0.4, 0.5) is 26.3 Å². The fourth-order valence-electron chi connectivity index (χ4n) is 2.64. The van der Waals surface area contributed by atoms with Crippen LogP contribution >= 0.6 is 0 Å². The average molecular weight is 432 g/mol. The molecule has 0 saturated heterocycles. The fraction of sp³-hybridized carbons (Fsp3) is 0.333. The van der Waals surface area contributed by atoms with Gasteiger partial charge >= 0.3 is 12.4 Å². The summed E-state index contributed by atoms with van der Waals surface area (Å²) in [5.74, 6) is 0. The molecule has 0 aliphatic carbocycles. The molecular formula is C21H22F6N2O. The van der Waals surface area contributed by atoms with Crippen molar-refractivity contribution in [2.45, 2.75) is 18.6 Å². The second-order valence-corrected chi connectivity index (χ2v) is 6.96. The maximum atomic E-state index is 13.2. The van der Waals surface area contributed by atoms with E-state index < -0.39 is 29.7 Å². The Bertz CT molecular complexity index is 857. The van der Waals surface area contributed by atoms with E-state index in [9.17, 15) is 31.4 Å². The lowest BCUT2D eigenvalue weighted by atomic mass is 10.0. The Morgan fingerprint density at radius 1 is 0.933 bits per heavy atom. The summed E-state index contributed by atoms with van der Waals surface area (Å²) in [7, 11) is 3.80. The summed E-state index contributed by atoms with van der Waals surface area (Å²) < 4.78 is 77.8. The van der Waals surface area contributed by atoms with E-state index in [1.165, 1.54) is 6.08 Å². The Kier molecular flexibility index (Phi) is 7.68. The Morgan fingerprint density at radius 2 is 1.57 bits per heavy atom. The van der Waals surface area contributed by atoms with Crippen LogP contribution in [0, 0.1) is 0 Å². The predicted octanol–water partition coefficient (Wildman–Crippen LogP) is 5.04. The van der Waals surface area contributed by atoms with Crippen LogP contribution in [0.5, 0.6) is 0 Å². The van der Waals surface area contributed by atoms with E-state index in [-0.39, 0.29) is 11.6 Å². The molecule has 0 radical (unpaired) electrons. The van der Waals surface area contributed by atoms with E-state index in [1.54, 1.807) is 24.3 Å². The second-order valence-electron chi connectivity index (χ2n) is 6.96. The van der Waals surface area contributed by atoms with E-state index >= 15 is 0 Å². The third-order valence-electron chi connectivity index (χ3n) is 4.29. The summed E-state index contributed by atoms with van der Waals surface area (Å²) in [5.41, 5.74) is -1.97. The van der Waals surface area contributed by atoms with E-state index in [2.05, 4.69) is 5.32 Å². The summed E-state index contributed by atoms with van der Waals surface area (Å²) in [5, 5.41) is 13.0.